The smallest absolute Gasteiger partial charge is 0.325 e. The summed E-state index contributed by atoms with van der Waals surface area (Å²) in [7, 11) is 1.54. The number of hydrogen-bond acceptors (Lipinski definition) is 3. The van der Waals surface area contributed by atoms with E-state index in [1.165, 1.54) is 6.92 Å². The molecule has 1 unspecified atom stereocenters. The molecule has 0 bridgehead atoms. The standard InChI is InChI=1S/C9H18N2O4/c1-4-7(5-15-3)11-9(14)10-6(2)8(12)13/h6-7H,4-5H2,1-3H3,(H,12,13)(H2,10,11,14)/t6-,7?/m0/s1. The molecule has 0 aliphatic heterocycles. The fourth-order valence-electron chi connectivity index (χ4n) is 0.948. The second kappa shape index (κ2) is 7.05. The summed E-state index contributed by atoms with van der Waals surface area (Å²) in [5, 5.41) is 13.5. The van der Waals surface area contributed by atoms with E-state index < -0.39 is 18.0 Å². The molecule has 0 heterocycles. The maximum atomic E-state index is 11.3. The van der Waals surface area contributed by atoms with Gasteiger partial charge in [0.25, 0.3) is 0 Å². The summed E-state index contributed by atoms with van der Waals surface area (Å²) in [5.74, 6) is -1.06. The van der Waals surface area contributed by atoms with Crippen LogP contribution in [0.25, 0.3) is 0 Å². The largest absolute Gasteiger partial charge is 0.480 e. The number of methoxy groups -OCH3 is 1. The number of ether oxygens (including phenoxy) is 1. The summed E-state index contributed by atoms with van der Waals surface area (Å²) in [6.07, 6.45) is 0.725. The fraction of sp³-hybridized carbons (Fsp3) is 0.778. The molecule has 0 fully saturated rings. The van der Waals surface area contributed by atoms with Gasteiger partial charge in [-0.15, -0.1) is 0 Å². The molecule has 0 aromatic carbocycles. The molecule has 0 aliphatic rings. The average molecular weight is 218 g/mol. The van der Waals surface area contributed by atoms with E-state index in [-0.39, 0.29) is 6.04 Å². The number of carboxylic acid groups (broad SMARTS) is 1. The highest BCUT2D eigenvalue weighted by atomic mass is 16.5. The van der Waals surface area contributed by atoms with Crippen LogP contribution in [0.1, 0.15) is 20.3 Å². The minimum absolute atomic E-state index is 0.101. The molecule has 0 aromatic rings. The van der Waals surface area contributed by atoms with Gasteiger partial charge in [-0.3, -0.25) is 4.79 Å². The van der Waals surface area contributed by atoms with E-state index in [4.69, 9.17) is 9.84 Å². The minimum Gasteiger partial charge on any atom is -0.480 e. The number of carbonyl (C=O) groups is 2. The zero-order valence-corrected chi connectivity index (χ0v) is 9.24. The van der Waals surface area contributed by atoms with Gasteiger partial charge in [-0.2, -0.15) is 0 Å². The number of carboxylic acids is 1. The van der Waals surface area contributed by atoms with Gasteiger partial charge < -0.3 is 20.5 Å². The second-order valence-electron chi connectivity index (χ2n) is 3.24. The number of hydrogen-bond donors (Lipinski definition) is 3. The Bertz CT molecular complexity index is 220. The molecule has 0 aromatic heterocycles. The molecule has 88 valence electrons. The number of urea groups is 1. The molecule has 0 radical (unpaired) electrons. The summed E-state index contributed by atoms with van der Waals surface area (Å²) in [6, 6.07) is -1.49. The van der Waals surface area contributed by atoms with Crippen LogP contribution < -0.4 is 10.6 Å². The van der Waals surface area contributed by atoms with Crippen molar-refractivity contribution in [2.75, 3.05) is 13.7 Å². The molecule has 0 saturated heterocycles. The molecule has 0 saturated carbocycles. The third-order valence-corrected chi connectivity index (χ3v) is 1.91. The number of amides is 2. The molecular weight excluding hydrogens is 200 g/mol. The van der Waals surface area contributed by atoms with Gasteiger partial charge in [-0.1, -0.05) is 6.92 Å². The Labute approximate surface area is 89.0 Å². The molecule has 6 heteroatoms. The van der Waals surface area contributed by atoms with Gasteiger partial charge in [0.1, 0.15) is 6.04 Å². The lowest BCUT2D eigenvalue weighted by Crippen LogP contribution is -2.48. The van der Waals surface area contributed by atoms with Crippen LogP contribution >= 0.6 is 0 Å². The molecule has 6 nitrogen and oxygen atoms in total. The van der Waals surface area contributed by atoms with Crippen molar-refractivity contribution >= 4 is 12.0 Å². The third kappa shape index (κ3) is 5.90. The summed E-state index contributed by atoms with van der Waals surface area (Å²) in [5.41, 5.74) is 0. The van der Waals surface area contributed by atoms with Crippen LogP contribution in [-0.4, -0.2) is 42.9 Å². The summed E-state index contributed by atoms with van der Waals surface area (Å²) < 4.78 is 4.89. The maximum Gasteiger partial charge on any atom is 0.325 e. The highest BCUT2D eigenvalue weighted by Gasteiger charge is 2.15. The van der Waals surface area contributed by atoms with E-state index >= 15 is 0 Å². The molecule has 2 amide bonds. The van der Waals surface area contributed by atoms with E-state index in [0.29, 0.717) is 6.61 Å². The van der Waals surface area contributed by atoms with Crippen molar-refractivity contribution in [1.82, 2.24) is 10.6 Å². The number of rotatable bonds is 6. The molecule has 2 atom stereocenters. The molecule has 0 aliphatic carbocycles. The first-order valence-corrected chi connectivity index (χ1v) is 4.80. The van der Waals surface area contributed by atoms with Crippen molar-refractivity contribution in [3.05, 3.63) is 0 Å². The Morgan fingerprint density at radius 1 is 1.40 bits per heavy atom. The van der Waals surface area contributed by atoms with Crippen LogP contribution in [0.4, 0.5) is 4.79 Å². The van der Waals surface area contributed by atoms with Gasteiger partial charge in [0.15, 0.2) is 0 Å². The van der Waals surface area contributed by atoms with Crippen LogP contribution in [0.3, 0.4) is 0 Å². The molecular formula is C9H18N2O4. The second-order valence-corrected chi connectivity index (χ2v) is 3.24. The topological polar surface area (TPSA) is 87.7 Å². The van der Waals surface area contributed by atoms with E-state index in [2.05, 4.69) is 10.6 Å². The highest BCUT2D eigenvalue weighted by molar-refractivity contribution is 5.82. The van der Waals surface area contributed by atoms with Crippen molar-refractivity contribution < 1.29 is 19.4 Å². The van der Waals surface area contributed by atoms with Gasteiger partial charge in [0.2, 0.25) is 0 Å². The zero-order chi connectivity index (χ0) is 11.8. The maximum absolute atomic E-state index is 11.3. The van der Waals surface area contributed by atoms with Crippen molar-refractivity contribution in [3.63, 3.8) is 0 Å². The molecule has 3 N–H and O–H groups in total. The lowest BCUT2D eigenvalue weighted by atomic mass is 10.2. The van der Waals surface area contributed by atoms with E-state index in [1.54, 1.807) is 7.11 Å². The van der Waals surface area contributed by atoms with Crippen LogP contribution in [0.15, 0.2) is 0 Å². The molecule has 0 rings (SSSR count). The normalized spacial score (nSPS) is 14.1. The van der Waals surface area contributed by atoms with Gasteiger partial charge >= 0.3 is 12.0 Å². The van der Waals surface area contributed by atoms with E-state index in [1.807, 2.05) is 6.92 Å². The number of aliphatic carboxylic acids is 1. The first-order valence-electron chi connectivity index (χ1n) is 4.80. The SMILES string of the molecule is CCC(COC)NC(=O)N[C@@H](C)C(=O)O. The number of nitrogens with one attached hydrogen (secondary N) is 2. The quantitative estimate of drug-likeness (QED) is 0.593. The first kappa shape index (κ1) is 13.7. The van der Waals surface area contributed by atoms with Crippen LogP contribution in [0.5, 0.6) is 0 Å². The Morgan fingerprint density at radius 3 is 2.40 bits per heavy atom. The van der Waals surface area contributed by atoms with Gasteiger partial charge in [0.05, 0.1) is 12.6 Å². The monoisotopic (exact) mass is 218 g/mol. The third-order valence-electron chi connectivity index (χ3n) is 1.91. The lowest BCUT2D eigenvalue weighted by molar-refractivity contribution is -0.138. The van der Waals surface area contributed by atoms with Crippen molar-refractivity contribution in [1.29, 1.82) is 0 Å². The van der Waals surface area contributed by atoms with Crippen LogP contribution in [-0.2, 0) is 9.53 Å². The molecule has 15 heavy (non-hydrogen) atoms. The highest BCUT2D eigenvalue weighted by Crippen LogP contribution is 1.91. The first-order chi connectivity index (χ1) is 7.01. The van der Waals surface area contributed by atoms with Crippen molar-refractivity contribution in [3.8, 4) is 0 Å². The summed E-state index contributed by atoms with van der Waals surface area (Å²) in [6.45, 7) is 3.72. The summed E-state index contributed by atoms with van der Waals surface area (Å²) in [4.78, 5) is 21.7. The van der Waals surface area contributed by atoms with Crippen molar-refractivity contribution in [2.24, 2.45) is 0 Å². The average Bonchev–Trinajstić information content (AvgIpc) is 2.16. The number of carbonyl (C=O) groups excluding carboxylic acids is 1. The predicted octanol–water partition coefficient (Wildman–Crippen LogP) is 0.184. The fourth-order valence-corrected chi connectivity index (χ4v) is 0.948. The molecule has 0 spiro atoms. The van der Waals surface area contributed by atoms with Crippen LogP contribution in [0.2, 0.25) is 0 Å². The van der Waals surface area contributed by atoms with E-state index in [9.17, 15) is 9.59 Å². The Morgan fingerprint density at radius 2 is 2.00 bits per heavy atom. The van der Waals surface area contributed by atoms with Gasteiger partial charge in [-0.25, -0.2) is 4.79 Å². The Kier molecular flexibility index (Phi) is 6.44. The van der Waals surface area contributed by atoms with Gasteiger partial charge in [-0.05, 0) is 13.3 Å². The van der Waals surface area contributed by atoms with Crippen molar-refractivity contribution in [2.45, 2.75) is 32.4 Å². The summed E-state index contributed by atoms with van der Waals surface area (Å²) >= 11 is 0. The van der Waals surface area contributed by atoms with E-state index in [0.717, 1.165) is 6.42 Å². The minimum atomic E-state index is -1.06. The Balaban J connectivity index is 3.95. The van der Waals surface area contributed by atoms with Crippen LogP contribution in [0, 0.1) is 0 Å². The van der Waals surface area contributed by atoms with Gasteiger partial charge in [0, 0.05) is 7.11 Å². The predicted molar refractivity (Wildman–Crippen MR) is 54.7 cm³/mol. The lowest BCUT2D eigenvalue weighted by Gasteiger charge is -2.17. The zero-order valence-electron chi connectivity index (χ0n) is 9.24. The Hall–Kier alpha value is -1.30.